The number of aromatic nitrogens is 1. The Bertz CT molecular complexity index is 671. The van der Waals surface area contributed by atoms with Crippen LogP contribution in [-0.4, -0.2) is 4.98 Å². The summed E-state index contributed by atoms with van der Waals surface area (Å²) in [4.78, 5) is 5.27. The minimum Gasteiger partial charge on any atom is -0.354 e. The molecule has 1 heterocycles. The first-order chi connectivity index (χ1) is 8.24. The SMILES string of the molecule is Sc1cc(S)c2cc(-c3ccccc3)[nH]c2c1. The van der Waals surface area contributed by atoms with Crippen molar-refractivity contribution in [3.05, 3.63) is 48.5 Å². The molecule has 3 heteroatoms. The van der Waals surface area contributed by atoms with Crippen molar-refractivity contribution in [1.82, 2.24) is 4.98 Å². The van der Waals surface area contributed by atoms with Crippen LogP contribution in [0.2, 0.25) is 0 Å². The fourth-order valence-corrected chi connectivity index (χ4v) is 2.66. The molecule has 1 N–H and O–H groups in total. The first kappa shape index (κ1) is 10.8. The maximum absolute atomic E-state index is 4.48. The Morgan fingerprint density at radius 2 is 1.65 bits per heavy atom. The summed E-state index contributed by atoms with van der Waals surface area (Å²) in [5, 5.41) is 1.13. The average Bonchev–Trinajstić information content (AvgIpc) is 2.74. The molecule has 17 heavy (non-hydrogen) atoms. The van der Waals surface area contributed by atoms with Crippen molar-refractivity contribution in [2.45, 2.75) is 9.79 Å². The van der Waals surface area contributed by atoms with Crippen LogP contribution in [0.3, 0.4) is 0 Å². The van der Waals surface area contributed by atoms with Crippen molar-refractivity contribution < 1.29 is 0 Å². The van der Waals surface area contributed by atoms with Crippen LogP contribution in [0.1, 0.15) is 0 Å². The van der Waals surface area contributed by atoms with Gasteiger partial charge in [-0.25, -0.2) is 0 Å². The molecule has 0 unspecified atom stereocenters. The summed E-state index contributed by atoms with van der Waals surface area (Å²) in [5.41, 5.74) is 3.35. The molecule has 1 nitrogen and oxygen atoms in total. The number of hydrogen-bond donors (Lipinski definition) is 3. The van der Waals surface area contributed by atoms with Crippen molar-refractivity contribution in [2.75, 3.05) is 0 Å². The molecule has 0 aliphatic carbocycles. The fourth-order valence-electron chi connectivity index (χ4n) is 1.98. The second-order valence-electron chi connectivity index (χ2n) is 3.98. The van der Waals surface area contributed by atoms with Crippen molar-refractivity contribution in [3.63, 3.8) is 0 Å². The number of thiol groups is 2. The van der Waals surface area contributed by atoms with Gasteiger partial charge in [0.25, 0.3) is 0 Å². The first-order valence-electron chi connectivity index (χ1n) is 5.34. The van der Waals surface area contributed by atoms with Crippen molar-refractivity contribution in [1.29, 1.82) is 0 Å². The predicted molar refractivity (Wildman–Crippen MR) is 78.2 cm³/mol. The third-order valence-corrected chi connectivity index (χ3v) is 3.41. The van der Waals surface area contributed by atoms with Gasteiger partial charge >= 0.3 is 0 Å². The lowest BCUT2D eigenvalue weighted by atomic mass is 10.1. The van der Waals surface area contributed by atoms with Gasteiger partial charge in [-0.15, -0.1) is 25.3 Å². The van der Waals surface area contributed by atoms with Crippen LogP contribution in [0, 0.1) is 0 Å². The fraction of sp³-hybridized carbons (Fsp3) is 0. The Labute approximate surface area is 111 Å². The summed E-state index contributed by atoms with van der Waals surface area (Å²) in [6.07, 6.45) is 0. The zero-order valence-corrected chi connectivity index (χ0v) is 10.8. The quantitative estimate of drug-likeness (QED) is 0.535. The third-order valence-electron chi connectivity index (χ3n) is 2.79. The minimum atomic E-state index is 0.920. The maximum Gasteiger partial charge on any atom is 0.0481 e. The molecule has 3 rings (SSSR count). The Morgan fingerprint density at radius 1 is 0.882 bits per heavy atom. The van der Waals surface area contributed by atoms with Crippen LogP contribution >= 0.6 is 25.3 Å². The van der Waals surface area contributed by atoms with E-state index in [9.17, 15) is 0 Å². The average molecular weight is 257 g/mol. The highest BCUT2D eigenvalue weighted by atomic mass is 32.1. The van der Waals surface area contributed by atoms with Gasteiger partial charge in [0.1, 0.15) is 0 Å². The third kappa shape index (κ3) is 1.96. The Morgan fingerprint density at radius 3 is 2.41 bits per heavy atom. The van der Waals surface area contributed by atoms with E-state index < -0.39 is 0 Å². The molecular formula is C14H11NS2. The van der Waals surface area contributed by atoms with E-state index in [-0.39, 0.29) is 0 Å². The summed E-state index contributed by atoms with van der Waals surface area (Å²) in [6, 6.07) is 16.4. The monoisotopic (exact) mass is 257 g/mol. The Kier molecular flexibility index (Phi) is 2.65. The first-order valence-corrected chi connectivity index (χ1v) is 6.23. The maximum atomic E-state index is 4.48. The number of H-pyrrole nitrogens is 1. The minimum absolute atomic E-state index is 0.920. The van der Waals surface area contributed by atoms with Gasteiger partial charge in [0.05, 0.1) is 0 Å². The van der Waals surface area contributed by atoms with Crippen LogP contribution in [0.25, 0.3) is 22.2 Å². The summed E-state index contributed by atoms with van der Waals surface area (Å²) in [7, 11) is 0. The molecule has 0 aliphatic rings. The van der Waals surface area contributed by atoms with Gasteiger partial charge in [-0.05, 0) is 23.8 Å². The zero-order valence-electron chi connectivity index (χ0n) is 9.01. The largest absolute Gasteiger partial charge is 0.354 e. The molecule has 84 valence electrons. The normalized spacial score (nSPS) is 10.9. The molecular weight excluding hydrogens is 246 g/mol. The van der Waals surface area contributed by atoms with Crippen molar-refractivity contribution in [3.8, 4) is 11.3 Å². The molecule has 0 bridgehead atoms. The highest BCUT2D eigenvalue weighted by molar-refractivity contribution is 7.81. The topological polar surface area (TPSA) is 15.8 Å². The summed E-state index contributed by atoms with van der Waals surface area (Å²) >= 11 is 8.83. The molecule has 0 saturated carbocycles. The highest BCUT2D eigenvalue weighted by Gasteiger charge is 2.06. The number of nitrogens with one attached hydrogen (secondary N) is 1. The van der Waals surface area contributed by atoms with Crippen LogP contribution in [0.5, 0.6) is 0 Å². The van der Waals surface area contributed by atoms with Crippen molar-refractivity contribution in [2.24, 2.45) is 0 Å². The molecule has 0 atom stereocenters. The number of aromatic amines is 1. The van der Waals surface area contributed by atoms with Gasteiger partial charge < -0.3 is 4.98 Å². The summed E-state index contributed by atoms with van der Waals surface area (Å²) in [6.45, 7) is 0. The molecule has 0 saturated heterocycles. The van der Waals surface area contributed by atoms with E-state index in [2.05, 4.69) is 48.4 Å². The Hall–Kier alpha value is -1.32. The molecule has 0 spiro atoms. The van der Waals surface area contributed by atoms with Crippen molar-refractivity contribution >= 4 is 36.2 Å². The second-order valence-corrected chi connectivity index (χ2v) is 4.97. The van der Waals surface area contributed by atoms with Gasteiger partial charge in [0, 0.05) is 26.4 Å². The molecule has 0 fully saturated rings. The van der Waals surface area contributed by atoms with Crippen LogP contribution in [0.4, 0.5) is 0 Å². The van der Waals surface area contributed by atoms with Crippen LogP contribution < -0.4 is 0 Å². The van der Waals surface area contributed by atoms with E-state index in [1.165, 1.54) is 5.56 Å². The van der Waals surface area contributed by atoms with E-state index in [4.69, 9.17) is 0 Å². The molecule has 0 radical (unpaired) electrons. The molecule has 0 amide bonds. The van der Waals surface area contributed by atoms with Crippen LogP contribution in [0.15, 0.2) is 58.3 Å². The zero-order chi connectivity index (χ0) is 11.8. The van der Waals surface area contributed by atoms with E-state index in [1.807, 2.05) is 30.3 Å². The lowest BCUT2D eigenvalue weighted by Gasteiger charge is -1.96. The van der Waals surface area contributed by atoms with Gasteiger partial charge in [-0.1, -0.05) is 30.3 Å². The van der Waals surface area contributed by atoms with E-state index >= 15 is 0 Å². The number of rotatable bonds is 1. The smallest absolute Gasteiger partial charge is 0.0481 e. The Balaban J connectivity index is 2.24. The van der Waals surface area contributed by atoms with Gasteiger partial charge in [-0.2, -0.15) is 0 Å². The lowest BCUT2D eigenvalue weighted by Crippen LogP contribution is -1.75. The van der Waals surface area contributed by atoms with Gasteiger partial charge in [0.2, 0.25) is 0 Å². The van der Waals surface area contributed by atoms with E-state index in [0.29, 0.717) is 0 Å². The number of hydrogen-bond acceptors (Lipinski definition) is 2. The molecule has 0 aliphatic heterocycles. The van der Waals surface area contributed by atoms with E-state index in [0.717, 1.165) is 26.4 Å². The molecule has 2 aromatic carbocycles. The highest BCUT2D eigenvalue weighted by Crippen LogP contribution is 2.30. The van der Waals surface area contributed by atoms with Gasteiger partial charge in [0.15, 0.2) is 0 Å². The number of fused-ring (bicyclic) bond motifs is 1. The molecule has 3 aromatic rings. The second kappa shape index (κ2) is 4.17. The summed E-state index contributed by atoms with van der Waals surface area (Å²) in [5.74, 6) is 0. The molecule has 1 aromatic heterocycles. The number of benzene rings is 2. The van der Waals surface area contributed by atoms with Gasteiger partial charge in [-0.3, -0.25) is 0 Å². The predicted octanol–water partition coefficient (Wildman–Crippen LogP) is 4.41. The van der Waals surface area contributed by atoms with Crippen LogP contribution in [-0.2, 0) is 0 Å². The van der Waals surface area contributed by atoms with E-state index in [1.54, 1.807) is 0 Å². The lowest BCUT2D eigenvalue weighted by molar-refractivity contribution is 1.38. The summed E-state index contributed by atoms with van der Waals surface area (Å²) < 4.78 is 0. The standard InChI is InChI=1S/C14H11NS2/c16-10-6-13-11(14(17)7-10)8-12(15-13)9-4-2-1-3-5-9/h1-8,15-17H.